The molecule has 106 valence electrons. The minimum absolute atomic E-state index is 0.0421. The number of halogens is 3. The van der Waals surface area contributed by atoms with Gasteiger partial charge in [-0.3, -0.25) is 9.78 Å². The van der Waals surface area contributed by atoms with E-state index < -0.39 is 17.8 Å². The lowest BCUT2D eigenvalue weighted by atomic mass is 10.3. The first-order valence-electron chi connectivity index (χ1n) is 5.25. The molecule has 2 aromatic rings. The molecule has 2 rings (SSSR count). The Morgan fingerprint density at radius 3 is 2.45 bits per heavy atom. The Labute approximate surface area is 109 Å². The van der Waals surface area contributed by atoms with Crippen LogP contribution in [0.15, 0.2) is 35.1 Å². The lowest BCUT2D eigenvalue weighted by molar-refractivity contribution is -0.274. The highest BCUT2D eigenvalue weighted by molar-refractivity contribution is 5.54. The molecule has 0 atom stereocenters. The second kappa shape index (κ2) is 5.11. The number of hydrogen-bond donors (Lipinski definition) is 3. The van der Waals surface area contributed by atoms with Gasteiger partial charge in [-0.15, -0.1) is 13.2 Å². The van der Waals surface area contributed by atoms with Crippen LogP contribution in [0.25, 0.3) is 0 Å². The van der Waals surface area contributed by atoms with Gasteiger partial charge in [0.05, 0.1) is 6.07 Å². The van der Waals surface area contributed by atoms with Gasteiger partial charge >= 0.3 is 6.36 Å². The molecule has 0 amide bonds. The van der Waals surface area contributed by atoms with Crippen LogP contribution in [-0.2, 0) is 0 Å². The third kappa shape index (κ3) is 3.90. The van der Waals surface area contributed by atoms with Gasteiger partial charge in [0, 0.05) is 5.69 Å². The third-order valence-electron chi connectivity index (χ3n) is 2.08. The van der Waals surface area contributed by atoms with Crippen molar-refractivity contribution < 1.29 is 23.0 Å². The smallest absolute Gasteiger partial charge is 0.493 e. The topological polar surface area (TPSA) is 87.2 Å². The summed E-state index contributed by atoms with van der Waals surface area (Å²) >= 11 is 0. The minimum atomic E-state index is -4.76. The van der Waals surface area contributed by atoms with E-state index in [1.54, 1.807) is 0 Å². The number of H-pyrrole nitrogens is 1. The van der Waals surface area contributed by atoms with Gasteiger partial charge in [0.25, 0.3) is 5.56 Å². The maximum Gasteiger partial charge on any atom is 0.573 e. The zero-order chi connectivity index (χ0) is 14.8. The number of aromatic nitrogens is 2. The summed E-state index contributed by atoms with van der Waals surface area (Å²) in [6, 6.07) is 5.66. The number of aromatic amines is 1. The standard InChI is InChI=1S/C11H8F3N3O3/c12-11(13,14)20-7-3-1-6(2-4-7)15-10-16-8(18)5-9(19)17-10/h1-5H,(H3,15,16,17,18,19). The Morgan fingerprint density at radius 2 is 1.90 bits per heavy atom. The van der Waals surface area contributed by atoms with Crippen LogP contribution in [0.3, 0.4) is 0 Å². The molecule has 3 N–H and O–H groups in total. The molecular formula is C11H8F3N3O3. The number of anilines is 2. The van der Waals surface area contributed by atoms with E-state index in [4.69, 9.17) is 5.11 Å². The van der Waals surface area contributed by atoms with Gasteiger partial charge < -0.3 is 15.2 Å². The molecule has 0 fully saturated rings. The second-order valence-corrected chi connectivity index (χ2v) is 3.65. The Balaban J connectivity index is 2.12. The van der Waals surface area contributed by atoms with Gasteiger partial charge in [-0.25, -0.2) is 0 Å². The van der Waals surface area contributed by atoms with Gasteiger partial charge in [-0.05, 0) is 24.3 Å². The normalized spacial score (nSPS) is 11.2. The minimum Gasteiger partial charge on any atom is -0.493 e. The van der Waals surface area contributed by atoms with E-state index in [0.717, 1.165) is 18.2 Å². The quantitative estimate of drug-likeness (QED) is 0.805. The molecule has 6 nitrogen and oxygen atoms in total. The predicted octanol–water partition coefficient (Wildman–Crippen LogP) is 2.12. The van der Waals surface area contributed by atoms with Crippen LogP contribution in [0, 0.1) is 0 Å². The van der Waals surface area contributed by atoms with Crippen LogP contribution in [0.5, 0.6) is 11.6 Å². The van der Waals surface area contributed by atoms with Crippen LogP contribution in [-0.4, -0.2) is 21.4 Å². The van der Waals surface area contributed by atoms with Gasteiger partial charge in [0.15, 0.2) is 0 Å². The summed E-state index contributed by atoms with van der Waals surface area (Å²) in [5.74, 6) is -0.895. The molecule has 1 aromatic heterocycles. The Hall–Kier alpha value is -2.71. The molecule has 0 saturated heterocycles. The van der Waals surface area contributed by atoms with E-state index >= 15 is 0 Å². The van der Waals surface area contributed by atoms with Crippen molar-refractivity contribution in [2.24, 2.45) is 0 Å². The van der Waals surface area contributed by atoms with Crippen molar-refractivity contribution in [3.05, 3.63) is 40.7 Å². The summed E-state index contributed by atoms with van der Waals surface area (Å²) in [5, 5.41) is 11.7. The summed E-state index contributed by atoms with van der Waals surface area (Å²) in [6.45, 7) is 0. The summed E-state index contributed by atoms with van der Waals surface area (Å²) in [4.78, 5) is 17.0. The first-order valence-corrected chi connectivity index (χ1v) is 5.25. The maximum absolute atomic E-state index is 12.0. The average molecular weight is 287 g/mol. The first kappa shape index (κ1) is 13.7. The van der Waals surface area contributed by atoms with Crippen molar-refractivity contribution in [3.63, 3.8) is 0 Å². The molecule has 20 heavy (non-hydrogen) atoms. The second-order valence-electron chi connectivity index (χ2n) is 3.65. The van der Waals surface area contributed by atoms with Crippen LogP contribution >= 0.6 is 0 Å². The summed E-state index contributed by atoms with van der Waals surface area (Å²) < 4.78 is 39.6. The lowest BCUT2D eigenvalue weighted by Crippen LogP contribution is -2.17. The van der Waals surface area contributed by atoms with Crippen molar-refractivity contribution in [2.45, 2.75) is 6.36 Å². The van der Waals surface area contributed by atoms with E-state index in [2.05, 4.69) is 20.0 Å². The fraction of sp³-hybridized carbons (Fsp3) is 0.0909. The fourth-order valence-electron chi connectivity index (χ4n) is 1.38. The van der Waals surface area contributed by atoms with Gasteiger partial charge in [0.1, 0.15) is 5.75 Å². The summed E-state index contributed by atoms with van der Waals surface area (Å²) in [7, 11) is 0. The molecule has 0 radical (unpaired) electrons. The van der Waals surface area contributed by atoms with Gasteiger partial charge in [-0.1, -0.05) is 0 Å². The summed E-state index contributed by atoms with van der Waals surface area (Å²) in [6.07, 6.45) is -4.76. The van der Waals surface area contributed by atoms with E-state index in [1.807, 2.05) is 0 Å². The van der Waals surface area contributed by atoms with Crippen molar-refractivity contribution >= 4 is 11.6 Å². The van der Waals surface area contributed by atoms with E-state index in [1.165, 1.54) is 12.1 Å². The van der Waals surface area contributed by atoms with Crippen molar-refractivity contribution in [2.75, 3.05) is 5.32 Å². The number of hydrogen-bond acceptors (Lipinski definition) is 5. The predicted molar refractivity (Wildman–Crippen MR) is 62.9 cm³/mol. The molecule has 1 heterocycles. The van der Waals surface area contributed by atoms with Gasteiger partial charge in [0.2, 0.25) is 11.8 Å². The molecule has 0 aliphatic rings. The Kier molecular flexibility index (Phi) is 3.51. The number of nitrogens with one attached hydrogen (secondary N) is 2. The SMILES string of the molecule is O=c1cc(O)nc(Nc2ccc(OC(F)(F)F)cc2)[nH]1. The molecule has 0 aliphatic heterocycles. The highest BCUT2D eigenvalue weighted by Crippen LogP contribution is 2.24. The molecule has 0 saturated carbocycles. The molecule has 0 bridgehead atoms. The maximum atomic E-state index is 12.0. The highest BCUT2D eigenvalue weighted by atomic mass is 19.4. The van der Waals surface area contributed by atoms with E-state index in [9.17, 15) is 18.0 Å². The number of nitrogens with zero attached hydrogens (tertiary/aromatic N) is 1. The van der Waals surface area contributed by atoms with Crippen molar-refractivity contribution in [3.8, 4) is 11.6 Å². The Bertz CT molecular complexity index is 652. The summed E-state index contributed by atoms with van der Waals surface area (Å²) in [5.41, 5.74) is -0.217. The molecule has 9 heteroatoms. The zero-order valence-corrected chi connectivity index (χ0v) is 9.73. The third-order valence-corrected chi connectivity index (χ3v) is 2.08. The number of alkyl halides is 3. The van der Waals surface area contributed by atoms with Crippen LogP contribution in [0.4, 0.5) is 24.8 Å². The molecule has 0 aliphatic carbocycles. The molecular weight excluding hydrogens is 279 g/mol. The average Bonchev–Trinajstić information content (AvgIpc) is 2.28. The molecule has 1 aromatic carbocycles. The fourth-order valence-corrected chi connectivity index (χ4v) is 1.38. The molecule has 0 unspecified atom stereocenters. The first-order chi connectivity index (χ1) is 9.32. The van der Waals surface area contributed by atoms with E-state index in [-0.39, 0.29) is 11.7 Å². The highest BCUT2D eigenvalue weighted by Gasteiger charge is 2.30. The Morgan fingerprint density at radius 1 is 1.25 bits per heavy atom. The number of ether oxygens (including phenoxy) is 1. The van der Waals surface area contributed by atoms with Crippen molar-refractivity contribution in [1.82, 2.24) is 9.97 Å². The zero-order valence-electron chi connectivity index (χ0n) is 9.73. The number of benzene rings is 1. The molecule has 0 spiro atoms. The monoisotopic (exact) mass is 287 g/mol. The lowest BCUT2D eigenvalue weighted by Gasteiger charge is -2.10. The van der Waals surface area contributed by atoms with Crippen LogP contribution in [0.2, 0.25) is 0 Å². The largest absolute Gasteiger partial charge is 0.573 e. The number of rotatable bonds is 3. The van der Waals surface area contributed by atoms with Gasteiger partial charge in [-0.2, -0.15) is 4.98 Å². The number of aromatic hydroxyl groups is 1. The van der Waals surface area contributed by atoms with Crippen LogP contribution < -0.4 is 15.6 Å². The van der Waals surface area contributed by atoms with Crippen LogP contribution in [0.1, 0.15) is 0 Å². The van der Waals surface area contributed by atoms with Crippen molar-refractivity contribution in [1.29, 1.82) is 0 Å². The van der Waals surface area contributed by atoms with E-state index in [0.29, 0.717) is 5.69 Å².